The van der Waals surface area contributed by atoms with E-state index in [0.717, 1.165) is 19.0 Å². The average Bonchev–Trinajstić information content (AvgIpc) is 2.72. The normalized spacial score (nSPS) is 17.4. The first kappa shape index (κ1) is 9.66. The minimum absolute atomic E-state index is 0.777. The van der Waals surface area contributed by atoms with Crippen LogP contribution in [0, 0.1) is 0 Å². The van der Waals surface area contributed by atoms with Crippen LogP contribution < -0.4 is 5.32 Å². The van der Waals surface area contributed by atoms with Crippen LogP contribution in [0.1, 0.15) is 31.4 Å². The second kappa shape index (κ2) is 5.11. The molecule has 0 atom stereocenters. The molecule has 0 saturated heterocycles. The summed E-state index contributed by atoms with van der Waals surface area (Å²) in [6.07, 6.45) is 8.45. The van der Waals surface area contributed by atoms with Gasteiger partial charge in [-0.05, 0) is 25.0 Å². The van der Waals surface area contributed by atoms with Gasteiger partial charge in [0.25, 0.3) is 0 Å². The van der Waals surface area contributed by atoms with Crippen molar-refractivity contribution in [3.8, 4) is 0 Å². The highest BCUT2D eigenvalue weighted by Gasteiger charge is 2.13. The van der Waals surface area contributed by atoms with Gasteiger partial charge in [0.15, 0.2) is 0 Å². The summed E-state index contributed by atoms with van der Waals surface area (Å²) in [4.78, 5) is 4.30. The maximum atomic E-state index is 4.30. The molecule has 1 aliphatic rings. The van der Waals surface area contributed by atoms with E-state index in [2.05, 4.69) is 22.4 Å². The number of hydrogen-bond donors (Lipinski definition) is 1. The highest BCUT2D eigenvalue weighted by Crippen LogP contribution is 2.17. The third-order valence-electron chi connectivity index (χ3n) is 2.90. The molecule has 2 nitrogen and oxygen atoms in total. The number of hydrogen-bond acceptors (Lipinski definition) is 2. The predicted molar refractivity (Wildman–Crippen MR) is 58.2 cm³/mol. The van der Waals surface area contributed by atoms with Crippen molar-refractivity contribution in [3.05, 3.63) is 30.1 Å². The fraction of sp³-hybridized carbons (Fsp3) is 0.583. The van der Waals surface area contributed by atoms with Gasteiger partial charge in [-0.25, -0.2) is 0 Å². The molecule has 1 aromatic rings. The Morgan fingerprint density at radius 1 is 1.29 bits per heavy atom. The minimum atomic E-state index is 0.777. The maximum absolute atomic E-state index is 4.30. The zero-order valence-corrected chi connectivity index (χ0v) is 8.58. The van der Waals surface area contributed by atoms with Gasteiger partial charge in [-0.2, -0.15) is 0 Å². The van der Waals surface area contributed by atoms with Gasteiger partial charge in [-0.15, -0.1) is 0 Å². The van der Waals surface area contributed by atoms with Crippen LogP contribution in [0.5, 0.6) is 0 Å². The predicted octanol–water partition coefficient (Wildman–Crippen LogP) is 2.16. The summed E-state index contributed by atoms with van der Waals surface area (Å²) in [5.74, 6) is 0. The van der Waals surface area contributed by atoms with Crippen LogP contribution in [0.3, 0.4) is 0 Å². The van der Waals surface area contributed by atoms with Crippen molar-refractivity contribution in [2.24, 2.45) is 0 Å². The van der Waals surface area contributed by atoms with Crippen LogP contribution in [-0.2, 0) is 6.42 Å². The Hall–Kier alpha value is -0.890. The number of aromatic nitrogens is 1. The molecule has 1 fully saturated rings. The first-order chi connectivity index (χ1) is 6.95. The smallest absolute Gasteiger partial charge is 0.0416 e. The van der Waals surface area contributed by atoms with Crippen LogP contribution in [0.4, 0.5) is 0 Å². The lowest BCUT2D eigenvalue weighted by Crippen LogP contribution is -2.28. The standard InChI is InChI=1S/C12H18N2/c1-2-6-11(5-1)14-10-8-12-7-3-4-9-13-12/h3-4,7,9,11,14H,1-2,5-6,8,10H2. The van der Waals surface area contributed by atoms with E-state index in [0.29, 0.717) is 0 Å². The third-order valence-corrected chi connectivity index (χ3v) is 2.90. The minimum Gasteiger partial charge on any atom is -0.314 e. The van der Waals surface area contributed by atoms with E-state index in [1.807, 2.05) is 12.3 Å². The fourth-order valence-electron chi connectivity index (χ4n) is 2.08. The van der Waals surface area contributed by atoms with Crippen LogP contribution >= 0.6 is 0 Å². The zero-order valence-electron chi connectivity index (χ0n) is 8.58. The van der Waals surface area contributed by atoms with Crippen LogP contribution in [0.2, 0.25) is 0 Å². The molecular formula is C12H18N2. The summed E-state index contributed by atoms with van der Waals surface area (Å²) in [5.41, 5.74) is 1.19. The summed E-state index contributed by atoms with van der Waals surface area (Å²) >= 11 is 0. The van der Waals surface area contributed by atoms with Crippen molar-refractivity contribution < 1.29 is 0 Å². The van der Waals surface area contributed by atoms with Gasteiger partial charge in [-0.1, -0.05) is 18.9 Å². The van der Waals surface area contributed by atoms with E-state index < -0.39 is 0 Å². The number of rotatable bonds is 4. The average molecular weight is 190 g/mol. The zero-order chi connectivity index (χ0) is 9.64. The molecule has 1 heterocycles. The quantitative estimate of drug-likeness (QED) is 0.787. The van der Waals surface area contributed by atoms with Gasteiger partial charge in [0.05, 0.1) is 0 Å². The SMILES string of the molecule is c1ccc(CCNC2CCCC2)nc1. The van der Waals surface area contributed by atoms with Crippen molar-refractivity contribution in [1.29, 1.82) is 0 Å². The summed E-state index contributed by atoms with van der Waals surface area (Å²) in [6, 6.07) is 6.89. The molecule has 0 bridgehead atoms. The number of nitrogens with zero attached hydrogens (tertiary/aromatic N) is 1. The molecule has 0 radical (unpaired) electrons. The Labute approximate surface area is 85.7 Å². The molecule has 1 aromatic heterocycles. The van der Waals surface area contributed by atoms with E-state index in [-0.39, 0.29) is 0 Å². The molecule has 76 valence electrons. The first-order valence-corrected chi connectivity index (χ1v) is 5.58. The molecule has 1 saturated carbocycles. The fourth-order valence-corrected chi connectivity index (χ4v) is 2.08. The van der Waals surface area contributed by atoms with Gasteiger partial charge < -0.3 is 5.32 Å². The highest BCUT2D eigenvalue weighted by atomic mass is 14.9. The maximum Gasteiger partial charge on any atom is 0.0416 e. The van der Waals surface area contributed by atoms with E-state index in [1.54, 1.807) is 0 Å². The molecule has 1 N–H and O–H groups in total. The van der Waals surface area contributed by atoms with Crippen molar-refractivity contribution in [1.82, 2.24) is 10.3 Å². The second-order valence-electron chi connectivity index (χ2n) is 4.01. The summed E-state index contributed by atoms with van der Waals surface area (Å²) < 4.78 is 0. The van der Waals surface area contributed by atoms with Crippen LogP contribution in [0.15, 0.2) is 24.4 Å². The Balaban J connectivity index is 1.67. The lowest BCUT2D eigenvalue weighted by Gasteiger charge is -2.10. The van der Waals surface area contributed by atoms with Gasteiger partial charge in [0.2, 0.25) is 0 Å². The van der Waals surface area contributed by atoms with Crippen molar-refractivity contribution >= 4 is 0 Å². The van der Waals surface area contributed by atoms with E-state index in [4.69, 9.17) is 0 Å². The van der Waals surface area contributed by atoms with Gasteiger partial charge in [0.1, 0.15) is 0 Å². The molecule has 2 heteroatoms. The summed E-state index contributed by atoms with van der Waals surface area (Å²) in [6.45, 7) is 1.07. The summed E-state index contributed by atoms with van der Waals surface area (Å²) in [7, 11) is 0. The van der Waals surface area contributed by atoms with Crippen LogP contribution in [0.25, 0.3) is 0 Å². The molecule has 1 aliphatic carbocycles. The van der Waals surface area contributed by atoms with Crippen molar-refractivity contribution in [2.45, 2.75) is 38.1 Å². The molecule has 0 unspecified atom stereocenters. The molecule has 0 amide bonds. The van der Waals surface area contributed by atoms with E-state index >= 15 is 0 Å². The van der Waals surface area contributed by atoms with Crippen LogP contribution in [-0.4, -0.2) is 17.6 Å². The third kappa shape index (κ3) is 2.81. The van der Waals surface area contributed by atoms with E-state index in [1.165, 1.54) is 31.4 Å². The molecule has 0 aromatic carbocycles. The Morgan fingerprint density at radius 2 is 2.14 bits per heavy atom. The molecule has 0 spiro atoms. The monoisotopic (exact) mass is 190 g/mol. The second-order valence-corrected chi connectivity index (χ2v) is 4.01. The molecular weight excluding hydrogens is 172 g/mol. The molecule has 0 aliphatic heterocycles. The first-order valence-electron chi connectivity index (χ1n) is 5.58. The highest BCUT2D eigenvalue weighted by molar-refractivity contribution is 5.03. The van der Waals surface area contributed by atoms with Crippen molar-refractivity contribution in [3.63, 3.8) is 0 Å². The van der Waals surface area contributed by atoms with Gasteiger partial charge in [0, 0.05) is 30.9 Å². The summed E-state index contributed by atoms with van der Waals surface area (Å²) in [5, 5.41) is 3.59. The molecule has 14 heavy (non-hydrogen) atoms. The van der Waals surface area contributed by atoms with Gasteiger partial charge >= 0.3 is 0 Å². The Bertz CT molecular complexity index is 252. The number of nitrogens with one attached hydrogen (secondary N) is 1. The Kier molecular flexibility index (Phi) is 3.52. The van der Waals surface area contributed by atoms with Crippen molar-refractivity contribution in [2.75, 3.05) is 6.54 Å². The lowest BCUT2D eigenvalue weighted by molar-refractivity contribution is 0.526. The lowest BCUT2D eigenvalue weighted by atomic mass is 10.2. The van der Waals surface area contributed by atoms with Gasteiger partial charge in [-0.3, -0.25) is 4.98 Å². The largest absolute Gasteiger partial charge is 0.314 e. The number of pyridine rings is 1. The molecule has 2 rings (SSSR count). The van der Waals surface area contributed by atoms with E-state index in [9.17, 15) is 0 Å². The topological polar surface area (TPSA) is 24.9 Å². The Morgan fingerprint density at radius 3 is 2.86 bits per heavy atom.